The van der Waals surface area contributed by atoms with Gasteiger partial charge in [0.15, 0.2) is 0 Å². The first-order valence-electron chi connectivity index (χ1n) is 9.26. The number of hydrazine groups is 1. The van der Waals surface area contributed by atoms with E-state index in [1.165, 1.54) is 16.8 Å². The van der Waals surface area contributed by atoms with Crippen LogP contribution in [0.3, 0.4) is 0 Å². The average Bonchev–Trinajstić information content (AvgIpc) is 3.41. The Morgan fingerprint density at radius 3 is 2.93 bits per heavy atom. The number of nitrogens with one attached hydrogen (secondary N) is 5. The van der Waals surface area contributed by atoms with Gasteiger partial charge in [-0.05, 0) is 42.5 Å². The molecule has 27 heavy (non-hydrogen) atoms. The number of H-pyrrole nitrogens is 2. The van der Waals surface area contributed by atoms with Crippen LogP contribution in [-0.2, 0) is 12.8 Å². The average molecular weight is 364 g/mol. The highest BCUT2D eigenvalue weighted by Crippen LogP contribution is 2.25. The lowest BCUT2D eigenvalue weighted by molar-refractivity contribution is 0.0954. The van der Waals surface area contributed by atoms with Crippen molar-refractivity contribution >= 4 is 22.5 Å². The first-order valence-corrected chi connectivity index (χ1v) is 9.26. The van der Waals surface area contributed by atoms with Gasteiger partial charge in [-0.25, -0.2) is 10.4 Å². The zero-order valence-electron chi connectivity index (χ0n) is 15.6. The van der Waals surface area contributed by atoms with Gasteiger partial charge < -0.3 is 20.7 Å². The molecule has 1 aliphatic heterocycles. The van der Waals surface area contributed by atoms with Crippen molar-refractivity contribution in [2.75, 3.05) is 13.1 Å². The summed E-state index contributed by atoms with van der Waals surface area (Å²) in [5.74, 6) is -0.0999. The predicted octanol–water partition coefficient (Wildman–Crippen LogP) is 2.18. The van der Waals surface area contributed by atoms with Crippen LogP contribution in [0.2, 0.25) is 0 Å². The van der Waals surface area contributed by atoms with E-state index in [0.29, 0.717) is 12.1 Å². The summed E-state index contributed by atoms with van der Waals surface area (Å²) in [6, 6.07) is 1.90. The standard InChI is InChI=1S/C20H24N6O/c1-3-18-12(2)13(7-22-18)4-5-21-20(27)14-6-16-17(15-9-25-26-10-15)11-24-19(16)23-8-14/h6-9,11,22,25-26H,3-5,10H2,1-2H3,(H,21,27)(H,23,24). The molecule has 0 saturated heterocycles. The minimum Gasteiger partial charge on any atom is -0.364 e. The zero-order valence-corrected chi connectivity index (χ0v) is 15.6. The maximum atomic E-state index is 12.6. The lowest BCUT2D eigenvalue weighted by atomic mass is 10.1. The lowest BCUT2D eigenvalue weighted by Gasteiger charge is -2.06. The van der Waals surface area contributed by atoms with Gasteiger partial charge in [-0.3, -0.25) is 4.79 Å². The molecule has 0 fully saturated rings. The van der Waals surface area contributed by atoms with E-state index in [-0.39, 0.29) is 5.91 Å². The number of aromatic nitrogens is 3. The molecule has 0 aromatic carbocycles. The second kappa shape index (κ2) is 7.28. The van der Waals surface area contributed by atoms with Crippen LogP contribution in [0.25, 0.3) is 16.6 Å². The summed E-state index contributed by atoms with van der Waals surface area (Å²) in [6.07, 6.45) is 9.32. The fourth-order valence-corrected chi connectivity index (χ4v) is 3.53. The van der Waals surface area contributed by atoms with E-state index >= 15 is 0 Å². The number of rotatable bonds is 6. The van der Waals surface area contributed by atoms with E-state index in [0.717, 1.165) is 41.6 Å². The molecule has 140 valence electrons. The second-order valence-electron chi connectivity index (χ2n) is 6.77. The van der Waals surface area contributed by atoms with Gasteiger partial charge in [0.1, 0.15) is 5.65 Å². The van der Waals surface area contributed by atoms with E-state index < -0.39 is 0 Å². The molecule has 0 bridgehead atoms. The highest BCUT2D eigenvalue weighted by atomic mass is 16.1. The molecule has 1 aliphatic rings. The normalized spacial score (nSPS) is 13.6. The molecular formula is C20H24N6O. The number of nitrogens with zero attached hydrogens (tertiary/aromatic N) is 1. The van der Waals surface area contributed by atoms with Gasteiger partial charge in [0.2, 0.25) is 0 Å². The summed E-state index contributed by atoms with van der Waals surface area (Å²) >= 11 is 0. The van der Waals surface area contributed by atoms with Crippen molar-refractivity contribution in [2.45, 2.75) is 26.7 Å². The van der Waals surface area contributed by atoms with Crippen molar-refractivity contribution in [3.8, 4) is 0 Å². The van der Waals surface area contributed by atoms with Gasteiger partial charge in [-0.1, -0.05) is 6.92 Å². The van der Waals surface area contributed by atoms with Crippen LogP contribution >= 0.6 is 0 Å². The quantitative estimate of drug-likeness (QED) is 0.463. The van der Waals surface area contributed by atoms with Crippen molar-refractivity contribution in [1.82, 2.24) is 31.1 Å². The first kappa shape index (κ1) is 17.4. The Morgan fingerprint density at radius 2 is 2.19 bits per heavy atom. The Hall–Kier alpha value is -3.06. The number of aromatic amines is 2. The minimum absolute atomic E-state index is 0.0999. The van der Waals surface area contributed by atoms with Crippen LogP contribution in [0, 0.1) is 6.92 Å². The third-order valence-corrected chi connectivity index (χ3v) is 5.15. The topological polar surface area (TPSA) is 97.6 Å². The number of fused-ring (bicyclic) bond motifs is 1. The van der Waals surface area contributed by atoms with Crippen molar-refractivity contribution in [3.05, 3.63) is 58.8 Å². The molecule has 0 unspecified atom stereocenters. The molecule has 3 aromatic heterocycles. The third-order valence-electron chi connectivity index (χ3n) is 5.15. The second-order valence-corrected chi connectivity index (χ2v) is 6.77. The van der Waals surface area contributed by atoms with Gasteiger partial charge in [0.25, 0.3) is 5.91 Å². The van der Waals surface area contributed by atoms with Crippen LogP contribution in [0.4, 0.5) is 0 Å². The Morgan fingerprint density at radius 1 is 1.30 bits per heavy atom. The molecule has 1 amide bonds. The maximum Gasteiger partial charge on any atom is 0.252 e. The van der Waals surface area contributed by atoms with Gasteiger partial charge in [0.05, 0.1) is 5.56 Å². The highest BCUT2D eigenvalue weighted by Gasteiger charge is 2.15. The molecule has 7 heteroatoms. The van der Waals surface area contributed by atoms with Gasteiger partial charge >= 0.3 is 0 Å². The zero-order chi connectivity index (χ0) is 18.8. The number of carbonyl (C=O) groups excluding carboxylic acids is 1. The van der Waals surface area contributed by atoms with Crippen molar-refractivity contribution < 1.29 is 4.79 Å². The van der Waals surface area contributed by atoms with E-state index in [4.69, 9.17) is 0 Å². The number of pyridine rings is 1. The van der Waals surface area contributed by atoms with Crippen LogP contribution in [0.5, 0.6) is 0 Å². The SMILES string of the molecule is CCc1[nH]cc(CCNC(=O)c2cnc3[nH]cc(C4=CNNC4)c3c2)c1C. The molecule has 0 aliphatic carbocycles. The summed E-state index contributed by atoms with van der Waals surface area (Å²) < 4.78 is 0. The molecule has 3 aromatic rings. The minimum atomic E-state index is -0.0999. The van der Waals surface area contributed by atoms with E-state index in [1.807, 2.05) is 24.7 Å². The maximum absolute atomic E-state index is 12.6. The number of carbonyl (C=O) groups is 1. The smallest absolute Gasteiger partial charge is 0.252 e. The monoisotopic (exact) mass is 364 g/mol. The number of hydrogen-bond acceptors (Lipinski definition) is 4. The summed E-state index contributed by atoms with van der Waals surface area (Å²) in [7, 11) is 0. The third kappa shape index (κ3) is 3.33. The molecule has 5 N–H and O–H groups in total. The predicted molar refractivity (Wildman–Crippen MR) is 106 cm³/mol. The van der Waals surface area contributed by atoms with E-state index in [1.54, 1.807) is 6.20 Å². The molecule has 4 rings (SSSR count). The molecule has 0 atom stereocenters. The lowest BCUT2D eigenvalue weighted by Crippen LogP contribution is -2.25. The van der Waals surface area contributed by atoms with Crippen LogP contribution in [-0.4, -0.2) is 33.9 Å². The van der Waals surface area contributed by atoms with Crippen LogP contribution < -0.4 is 16.2 Å². The molecule has 4 heterocycles. The van der Waals surface area contributed by atoms with E-state index in [9.17, 15) is 4.79 Å². The van der Waals surface area contributed by atoms with Crippen molar-refractivity contribution in [3.63, 3.8) is 0 Å². The summed E-state index contributed by atoms with van der Waals surface area (Å²) in [5, 5.41) is 3.96. The van der Waals surface area contributed by atoms with Gasteiger partial charge in [-0.15, -0.1) is 0 Å². The molecule has 0 radical (unpaired) electrons. The fraction of sp³-hybridized carbons (Fsp3) is 0.300. The first-order chi connectivity index (χ1) is 13.2. The molecular weight excluding hydrogens is 340 g/mol. The Balaban J connectivity index is 1.46. The number of aryl methyl sites for hydroxylation is 1. The van der Waals surface area contributed by atoms with Crippen LogP contribution in [0.1, 0.15) is 39.7 Å². The van der Waals surface area contributed by atoms with Crippen molar-refractivity contribution in [2.24, 2.45) is 0 Å². The van der Waals surface area contributed by atoms with Gasteiger partial charge in [0, 0.05) is 54.5 Å². The molecule has 0 saturated carbocycles. The van der Waals surface area contributed by atoms with Crippen molar-refractivity contribution in [1.29, 1.82) is 0 Å². The Bertz CT molecular complexity index is 1010. The number of amides is 1. The largest absolute Gasteiger partial charge is 0.364 e. The Labute approximate surface area is 157 Å². The fourth-order valence-electron chi connectivity index (χ4n) is 3.53. The van der Waals surface area contributed by atoms with Gasteiger partial charge in [-0.2, -0.15) is 0 Å². The van der Waals surface area contributed by atoms with Crippen LogP contribution in [0.15, 0.2) is 30.9 Å². The molecule has 7 nitrogen and oxygen atoms in total. The highest BCUT2D eigenvalue weighted by molar-refractivity contribution is 5.99. The number of hydrogen-bond donors (Lipinski definition) is 5. The van der Waals surface area contributed by atoms with E-state index in [2.05, 4.69) is 45.0 Å². The summed E-state index contributed by atoms with van der Waals surface area (Å²) in [4.78, 5) is 23.4. The Kier molecular flexibility index (Phi) is 4.68. The molecule has 0 spiro atoms. The summed E-state index contributed by atoms with van der Waals surface area (Å²) in [5.41, 5.74) is 13.4. The summed E-state index contributed by atoms with van der Waals surface area (Å²) in [6.45, 7) is 5.59.